The number of nitrogens with zero attached hydrogens (tertiary/aromatic N) is 2. The molecule has 3 nitrogen and oxygen atoms in total. The Balaban J connectivity index is 1.84. The number of hydrogen-bond donors (Lipinski definition) is 1. The molecule has 0 aliphatic carbocycles. The van der Waals surface area contributed by atoms with Gasteiger partial charge in [-0.15, -0.1) is 11.3 Å². The molecule has 0 aliphatic heterocycles. The van der Waals surface area contributed by atoms with Gasteiger partial charge in [0.1, 0.15) is 0 Å². The smallest absolute Gasteiger partial charge is 0.0876 e. The first-order valence-corrected chi connectivity index (χ1v) is 7.56. The molecule has 3 rings (SSSR count). The van der Waals surface area contributed by atoms with E-state index in [0.717, 1.165) is 22.4 Å². The Morgan fingerprint density at radius 3 is 2.84 bits per heavy atom. The molecule has 1 aromatic carbocycles. The monoisotopic (exact) mass is 333 g/mol. The molecular formula is C14H12BrN3S. The summed E-state index contributed by atoms with van der Waals surface area (Å²) in [6, 6.07) is 12.2. The summed E-state index contributed by atoms with van der Waals surface area (Å²) in [5, 5.41) is 9.83. The van der Waals surface area contributed by atoms with Crippen molar-refractivity contribution in [1.29, 1.82) is 0 Å². The van der Waals surface area contributed by atoms with Gasteiger partial charge in [-0.2, -0.15) is 5.10 Å². The summed E-state index contributed by atoms with van der Waals surface area (Å²) in [6.45, 7) is 0.802. The molecule has 0 amide bonds. The van der Waals surface area contributed by atoms with Gasteiger partial charge in [-0.3, -0.25) is 0 Å². The highest BCUT2D eigenvalue weighted by Crippen LogP contribution is 2.25. The highest BCUT2D eigenvalue weighted by atomic mass is 79.9. The predicted octanol–water partition coefficient (Wildman–Crippen LogP) is 4.31. The lowest BCUT2D eigenvalue weighted by Crippen LogP contribution is -2.04. The highest BCUT2D eigenvalue weighted by Gasteiger charge is 2.05. The lowest BCUT2D eigenvalue weighted by Gasteiger charge is -2.11. The number of rotatable bonds is 4. The van der Waals surface area contributed by atoms with Crippen molar-refractivity contribution >= 4 is 33.0 Å². The lowest BCUT2D eigenvalue weighted by atomic mass is 10.2. The first-order chi connectivity index (χ1) is 9.34. The SMILES string of the molecule is Brc1ccsc1CNc1ccccc1-n1cccn1. The summed E-state index contributed by atoms with van der Waals surface area (Å²) in [5.41, 5.74) is 2.13. The van der Waals surface area contributed by atoms with Gasteiger partial charge in [0.15, 0.2) is 0 Å². The topological polar surface area (TPSA) is 29.9 Å². The van der Waals surface area contributed by atoms with E-state index in [0.29, 0.717) is 0 Å². The Hall–Kier alpha value is -1.59. The molecule has 0 radical (unpaired) electrons. The third-order valence-electron chi connectivity index (χ3n) is 2.79. The molecule has 0 unspecified atom stereocenters. The Morgan fingerprint density at radius 2 is 2.11 bits per heavy atom. The number of aromatic nitrogens is 2. The average molecular weight is 334 g/mol. The quantitative estimate of drug-likeness (QED) is 0.771. The van der Waals surface area contributed by atoms with Gasteiger partial charge in [0.05, 0.1) is 17.9 Å². The summed E-state index contributed by atoms with van der Waals surface area (Å²) in [4.78, 5) is 1.29. The number of hydrogen-bond acceptors (Lipinski definition) is 3. The van der Waals surface area contributed by atoms with Crippen LogP contribution in [0.2, 0.25) is 0 Å². The second-order valence-electron chi connectivity index (χ2n) is 4.01. The third kappa shape index (κ3) is 2.72. The van der Waals surface area contributed by atoms with Crippen LogP contribution in [0.3, 0.4) is 0 Å². The molecular weight excluding hydrogens is 322 g/mol. The maximum atomic E-state index is 4.28. The van der Waals surface area contributed by atoms with Crippen LogP contribution in [0.5, 0.6) is 0 Å². The van der Waals surface area contributed by atoms with Crippen LogP contribution in [0.25, 0.3) is 5.69 Å². The molecule has 0 fully saturated rings. The summed E-state index contributed by atoms with van der Waals surface area (Å²) in [5.74, 6) is 0. The van der Waals surface area contributed by atoms with E-state index in [1.54, 1.807) is 17.5 Å². The Labute approximate surface area is 124 Å². The van der Waals surface area contributed by atoms with Crippen molar-refractivity contribution in [3.8, 4) is 5.69 Å². The highest BCUT2D eigenvalue weighted by molar-refractivity contribution is 9.10. The van der Waals surface area contributed by atoms with Gasteiger partial charge in [0.2, 0.25) is 0 Å². The fraction of sp³-hybridized carbons (Fsp3) is 0.0714. The van der Waals surface area contributed by atoms with Gasteiger partial charge in [0.25, 0.3) is 0 Å². The van der Waals surface area contributed by atoms with Crippen LogP contribution in [0.4, 0.5) is 5.69 Å². The number of benzene rings is 1. The van der Waals surface area contributed by atoms with Gasteiger partial charge in [-0.05, 0) is 45.6 Å². The number of para-hydroxylation sites is 2. The molecule has 5 heteroatoms. The fourth-order valence-electron chi connectivity index (χ4n) is 1.86. The summed E-state index contributed by atoms with van der Waals surface area (Å²) < 4.78 is 3.02. The van der Waals surface area contributed by atoms with Crippen molar-refractivity contribution in [3.05, 3.63) is 63.5 Å². The van der Waals surface area contributed by atoms with E-state index in [2.05, 4.69) is 49.9 Å². The van der Waals surface area contributed by atoms with E-state index in [1.807, 2.05) is 29.1 Å². The largest absolute Gasteiger partial charge is 0.378 e. The Morgan fingerprint density at radius 1 is 1.21 bits per heavy atom. The zero-order valence-corrected chi connectivity index (χ0v) is 12.5. The molecule has 3 aromatic rings. The average Bonchev–Trinajstić information content (AvgIpc) is 3.08. The van der Waals surface area contributed by atoms with Crippen molar-refractivity contribution in [1.82, 2.24) is 9.78 Å². The van der Waals surface area contributed by atoms with Crippen molar-refractivity contribution in [2.45, 2.75) is 6.54 Å². The molecule has 0 bridgehead atoms. The van der Waals surface area contributed by atoms with E-state index in [1.165, 1.54) is 4.88 Å². The maximum absolute atomic E-state index is 4.28. The predicted molar refractivity (Wildman–Crippen MR) is 82.9 cm³/mol. The van der Waals surface area contributed by atoms with Crippen LogP contribution in [-0.4, -0.2) is 9.78 Å². The number of halogens is 1. The minimum atomic E-state index is 0.802. The summed E-state index contributed by atoms with van der Waals surface area (Å²) in [6.07, 6.45) is 3.73. The first-order valence-electron chi connectivity index (χ1n) is 5.89. The molecule has 0 spiro atoms. The van der Waals surface area contributed by atoms with Crippen molar-refractivity contribution < 1.29 is 0 Å². The van der Waals surface area contributed by atoms with E-state index >= 15 is 0 Å². The van der Waals surface area contributed by atoms with Crippen LogP contribution < -0.4 is 5.32 Å². The molecule has 2 aromatic heterocycles. The van der Waals surface area contributed by atoms with Crippen LogP contribution in [0.15, 0.2) is 58.6 Å². The van der Waals surface area contributed by atoms with E-state index in [4.69, 9.17) is 0 Å². The van der Waals surface area contributed by atoms with E-state index < -0.39 is 0 Å². The van der Waals surface area contributed by atoms with Crippen LogP contribution in [-0.2, 0) is 6.54 Å². The second-order valence-corrected chi connectivity index (χ2v) is 5.87. The van der Waals surface area contributed by atoms with Crippen molar-refractivity contribution in [2.24, 2.45) is 0 Å². The Kier molecular flexibility index (Phi) is 3.66. The van der Waals surface area contributed by atoms with E-state index in [-0.39, 0.29) is 0 Å². The van der Waals surface area contributed by atoms with Crippen molar-refractivity contribution in [3.63, 3.8) is 0 Å². The van der Waals surface area contributed by atoms with Gasteiger partial charge in [-0.1, -0.05) is 12.1 Å². The van der Waals surface area contributed by atoms with Crippen LogP contribution >= 0.6 is 27.3 Å². The van der Waals surface area contributed by atoms with Gasteiger partial charge < -0.3 is 5.32 Å². The lowest BCUT2D eigenvalue weighted by molar-refractivity contribution is 0.879. The number of thiophene rings is 1. The van der Waals surface area contributed by atoms with Gasteiger partial charge >= 0.3 is 0 Å². The molecule has 2 heterocycles. The van der Waals surface area contributed by atoms with Gasteiger partial charge in [0, 0.05) is 21.7 Å². The molecule has 0 saturated carbocycles. The van der Waals surface area contributed by atoms with Crippen molar-refractivity contribution in [2.75, 3.05) is 5.32 Å². The molecule has 0 atom stereocenters. The molecule has 0 aliphatic rings. The summed E-state index contributed by atoms with van der Waals surface area (Å²) in [7, 11) is 0. The zero-order valence-electron chi connectivity index (χ0n) is 10.1. The minimum absolute atomic E-state index is 0.802. The molecule has 19 heavy (non-hydrogen) atoms. The first kappa shape index (κ1) is 12.4. The van der Waals surface area contributed by atoms with Crippen LogP contribution in [0.1, 0.15) is 4.88 Å². The third-order valence-corrected chi connectivity index (χ3v) is 4.71. The standard InChI is InChI=1S/C14H12BrN3S/c15-11-6-9-19-14(11)10-16-12-4-1-2-5-13(12)18-8-3-7-17-18/h1-9,16H,10H2. The normalized spacial score (nSPS) is 10.6. The number of nitrogens with one attached hydrogen (secondary N) is 1. The number of anilines is 1. The maximum Gasteiger partial charge on any atom is 0.0876 e. The molecule has 96 valence electrons. The second kappa shape index (κ2) is 5.59. The molecule has 1 N–H and O–H groups in total. The van der Waals surface area contributed by atoms with Gasteiger partial charge in [-0.25, -0.2) is 4.68 Å². The Bertz CT molecular complexity index is 661. The zero-order chi connectivity index (χ0) is 13.1. The van der Waals surface area contributed by atoms with Crippen LogP contribution in [0, 0.1) is 0 Å². The minimum Gasteiger partial charge on any atom is -0.378 e. The fourth-order valence-corrected chi connectivity index (χ4v) is 3.29. The summed E-state index contributed by atoms with van der Waals surface area (Å²) >= 11 is 5.29. The molecule has 0 saturated heterocycles. The van der Waals surface area contributed by atoms with E-state index in [9.17, 15) is 0 Å².